The van der Waals surface area contributed by atoms with Crippen molar-refractivity contribution >= 4 is 31.8 Å². The lowest BCUT2D eigenvalue weighted by Gasteiger charge is -2.14. The van der Waals surface area contributed by atoms with Crippen LogP contribution in [0, 0.1) is 0 Å². The van der Waals surface area contributed by atoms with Crippen molar-refractivity contribution in [2.75, 3.05) is 0 Å². The smallest absolute Gasteiger partial charge is 0.126 e. The van der Waals surface area contributed by atoms with Crippen molar-refractivity contribution in [1.29, 1.82) is 0 Å². The molecule has 1 nitrogen and oxygen atoms in total. The molecule has 2 atom stereocenters. The summed E-state index contributed by atoms with van der Waals surface area (Å²) >= 11 is 4.58. The van der Waals surface area contributed by atoms with Crippen LogP contribution in [0.1, 0.15) is 28.9 Å². The number of phenols is 1. The summed E-state index contributed by atoms with van der Waals surface area (Å²) in [5, 5.41) is 13.1. The SMILES string of the molecule is CC(S)c1ccccc1Pc1cccc(Cc2ccccc2)c1O. The molecule has 0 amide bonds. The molecule has 122 valence electrons. The first-order valence-electron chi connectivity index (χ1n) is 8.04. The molecule has 3 rings (SSSR count). The van der Waals surface area contributed by atoms with E-state index in [1.165, 1.54) is 16.4 Å². The van der Waals surface area contributed by atoms with Crippen LogP contribution >= 0.6 is 21.2 Å². The van der Waals surface area contributed by atoms with Gasteiger partial charge in [0, 0.05) is 17.0 Å². The van der Waals surface area contributed by atoms with Gasteiger partial charge < -0.3 is 5.11 Å². The third kappa shape index (κ3) is 4.01. The first kappa shape index (κ1) is 17.1. The van der Waals surface area contributed by atoms with Gasteiger partial charge in [-0.1, -0.05) is 81.4 Å². The van der Waals surface area contributed by atoms with Crippen LogP contribution in [0.2, 0.25) is 0 Å². The second-order valence-electron chi connectivity index (χ2n) is 5.86. The van der Waals surface area contributed by atoms with Gasteiger partial charge in [-0.2, -0.15) is 12.6 Å². The standard InChI is InChI=1S/C21H21OPS/c1-15(24)18-11-5-6-12-19(18)23-20-13-7-10-17(21(20)22)14-16-8-3-2-4-9-16/h2-13,15,22-24H,14H2,1H3. The molecule has 24 heavy (non-hydrogen) atoms. The topological polar surface area (TPSA) is 20.2 Å². The molecule has 0 saturated heterocycles. The Morgan fingerprint density at radius 2 is 1.54 bits per heavy atom. The molecule has 0 fully saturated rings. The Balaban J connectivity index is 1.89. The average Bonchev–Trinajstić information content (AvgIpc) is 2.60. The van der Waals surface area contributed by atoms with Gasteiger partial charge >= 0.3 is 0 Å². The van der Waals surface area contributed by atoms with Crippen molar-refractivity contribution in [3.63, 3.8) is 0 Å². The number of para-hydroxylation sites is 1. The second-order valence-corrected chi connectivity index (χ2v) is 7.97. The molecule has 0 saturated carbocycles. The number of rotatable bonds is 5. The molecule has 1 N–H and O–H groups in total. The van der Waals surface area contributed by atoms with Gasteiger partial charge in [0.15, 0.2) is 0 Å². The van der Waals surface area contributed by atoms with Crippen molar-refractivity contribution in [2.45, 2.75) is 18.6 Å². The second kappa shape index (κ2) is 7.88. The summed E-state index contributed by atoms with van der Waals surface area (Å²) in [5.74, 6) is 0.418. The number of aromatic hydroxyl groups is 1. The number of thiol groups is 1. The van der Waals surface area contributed by atoms with Crippen LogP contribution in [-0.4, -0.2) is 5.11 Å². The monoisotopic (exact) mass is 352 g/mol. The van der Waals surface area contributed by atoms with Gasteiger partial charge in [-0.3, -0.25) is 0 Å². The predicted molar refractivity (Wildman–Crippen MR) is 109 cm³/mol. The highest BCUT2D eigenvalue weighted by molar-refractivity contribution is 7.80. The lowest BCUT2D eigenvalue weighted by Crippen LogP contribution is -2.10. The van der Waals surface area contributed by atoms with Crippen molar-refractivity contribution in [3.8, 4) is 5.75 Å². The fourth-order valence-corrected chi connectivity index (χ4v) is 4.49. The van der Waals surface area contributed by atoms with E-state index in [9.17, 15) is 5.11 Å². The molecule has 0 aliphatic carbocycles. The Morgan fingerprint density at radius 1 is 0.875 bits per heavy atom. The average molecular weight is 352 g/mol. The summed E-state index contributed by atoms with van der Waals surface area (Å²) in [6.07, 6.45) is 0.746. The Labute approximate surface area is 151 Å². The minimum atomic E-state index is 0.184. The van der Waals surface area contributed by atoms with E-state index >= 15 is 0 Å². The normalized spacial score (nSPS) is 12.6. The molecule has 0 bridgehead atoms. The zero-order chi connectivity index (χ0) is 16.9. The zero-order valence-corrected chi connectivity index (χ0v) is 15.5. The molecule has 0 aliphatic rings. The van der Waals surface area contributed by atoms with Gasteiger partial charge in [0.1, 0.15) is 5.75 Å². The van der Waals surface area contributed by atoms with Crippen LogP contribution in [-0.2, 0) is 6.42 Å². The summed E-state index contributed by atoms with van der Waals surface area (Å²) in [7, 11) is 0.425. The van der Waals surface area contributed by atoms with Crippen LogP contribution in [0.3, 0.4) is 0 Å². The Bertz CT molecular complexity index is 815. The molecular weight excluding hydrogens is 331 g/mol. The molecule has 0 aromatic heterocycles. The number of benzene rings is 3. The Morgan fingerprint density at radius 3 is 2.29 bits per heavy atom. The molecule has 0 heterocycles. The molecule has 0 aliphatic heterocycles. The molecule has 3 heteroatoms. The first-order chi connectivity index (χ1) is 11.6. The van der Waals surface area contributed by atoms with Gasteiger partial charge in [0.05, 0.1) is 0 Å². The van der Waals surface area contributed by atoms with Gasteiger partial charge in [0.2, 0.25) is 0 Å². The van der Waals surface area contributed by atoms with Crippen LogP contribution in [0.4, 0.5) is 0 Å². The maximum Gasteiger partial charge on any atom is 0.126 e. The lowest BCUT2D eigenvalue weighted by atomic mass is 10.0. The lowest BCUT2D eigenvalue weighted by molar-refractivity contribution is 0.474. The highest BCUT2D eigenvalue weighted by atomic mass is 32.1. The van der Waals surface area contributed by atoms with Crippen LogP contribution < -0.4 is 10.6 Å². The molecule has 3 aromatic rings. The minimum absolute atomic E-state index is 0.184. The highest BCUT2D eigenvalue weighted by Gasteiger charge is 2.12. The van der Waals surface area contributed by atoms with Crippen molar-refractivity contribution in [3.05, 3.63) is 89.5 Å². The van der Waals surface area contributed by atoms with E-state index in [4.69, 9.17) is 0 Å². The van der Waals surface area contributed by atoms with Crippen LogP contribution in [0.5, 0.6) is 5.75 Å². The number of hydrogen-bond acceptors (Lipinski definition) is 2. The van der Waals surface area contributed by atoms with Crippen LogP contribution in [0.25, 0.3) is 0 Å². The third-order valence-corrected chi connectivity index (χ3v) is 5.71. The molecule has 0 radical (unpaired) electrons. The Hall–Kier alpha value is -1.76. The van der Waals surface area contributed by atoms with E-state index in [0.717, 1.165) is 17.3 Å². The van der Waals surface area contributed by atoms with Gasteiger partial charge in [-0.25, -0.2) is 0 Å². The highest BCUT2D eigenvalue weighted by Crippen LogP contribution is 2.28. The summed E-state index contributed by atoms with van der Waals surface area (Å²) in [6.45, 7) is 2.08. The molecule has 2 unspecified atom stereocenters. The fraction of sp³-hybridized carbons (Fsp3) is 0.143. The maximum absolute atomic E-state index is 10.7. The number of phenolic OH excluding ortho intramolecular Hbond substituents is 1. The summed E-state index contributed by atoms with van der Waals surface area (Å²) in [6, 6.07) is 24.6. The van der Waals surface area contributed by atoms with Crippen molar-refractivity contribution < 1.29 is 5.11 Å². The zero-order valence-electron chi connectivity index (χ0n) is 13.6. The van der Waals surface area contributed by atoms with Gasteiger partial charge in [-0.15, -0.1) is 0 Å². The number of hydrogen-bond donors (Lipinski definition) is 2. The maximum atomic E-state index is 10.7. The molecular formula is C21H21OPS. The van der Waals surface area contributed by atoms with Crippen molar-refractivity contribution in [1.82, 2.24) is 0 Å². The quantitative estimate of drug-likeness (QED) is 0.508. The predicted octanol–water partition coefficient (Wildman–Crippen LogP) is 4.60. The van der Waals surface area contributed by atoms with Crippen molar-refractivity contribution in [2.24, 2.45) is 0 Å². The van der Waals surface area contributed by atoms with E-state index in [2.05, 4.69) is 43.8 Å². The summed E-state index contributed by atoms with van der Waals surface area (Å²) in [4.78, 5) is 0. The minimum Gasteiger partial charge on any atom is -0.507 e. The summed E-state index contributed by atoms with van der Waals surface area (Å²) < 4.78 is 0. The van der Waals surface area contributed by atoms with Gasteiger partial charge in [-0.05, 0) is 28.9 Å². The van der Waals surface area contributed by atoms with E-state index < -0.39 is 0 Å². The van der Waals surface area contributed by atoms with E-state index in [-0.39, 0.29) is 5.25 Å². The van der Waals surface area contributed by atoms with Crippen LogP contribution in [0.15, 0.2) is 72.8 Å². The van der Waals surface area contributed by atoms with E-state index in [1.807, 2.05) is 48.5 Å². The largest absolute Gasteiger partial charge is 0.507 e. The molecule has 0 spiro atoms. The Kier molecular flexibility index (Phi) is 5.60. The third-order valence-electron chi connectivity index (χ3n) is 4.04. The molecule has 3 aromatic carbocycles. The first-order valence-corrected chi connectivity index (χ1v) is 9.55. The fourth-order valence-electron chi connectivity index (χ4n) is 2.77. The van der Waals surface area contributed by atoms with E-state index in [0.29, 0.717) is 14.3 Å². The summed E-state index contributed by atoms with van der Waals surface area (Å²) in [5.41, 5.74) is 3.41. The van der Waals surface area contributed by atoms with Gasteiger partial charge in [0.25, 0.3) is 0 Å². The van der Waals surface area contributed by atoms with E-state index in [1.54, 1.807) is 0 Å².